The number of rotatable bonds is 6. The Balaban J connectivity index is 0.00000420. The van der Waals surface area contributed by atoms with Crippen molar-refractivity contribution in [2.24, 2.45) is 5.73 Å². The first-order chi connectivity index (χ1) is 13.0. The van der Waals surface area contributed by atoms with Crippen LogP contribution in [-0.2, 0) is 10.0 Å². The summed E-state index contributed by atoms with van der Waals surface area (Å²) in [5, 5.41) is 2.75. The second-order valence-electron chi connectivity index (χ2n) is 7.54. The highest BCUT2D eigenvalue weighted by molar-refractivity contribution is 7.90. The van der Waals surface area contributed by atoms with Gasteiger partial charge in [0.2, 0.25) is 0 Å². The molecule has 0 aromatic heterocycles. The summed E-state index contributed by atoms with van der Waals surface area (Å²) in [6.07, 6.45) is 0. The van der Waals surface area contributed by atoms with Crippen molar-refractivity contribution >= 4 is 34.1 Å². The van der Waals surface area contributed by atoms with Crippen molar-refractivity contribution in [1.82, 2.24) is 4.72 Å². The standard InChI is InChI=1S/C21H29N3O3S.ClH/c1-13(2)18-10-7-11-19(14(3)4)20(18)23-21(25)24-28(26,27)17-9-6-8-16(12-17)15(5)22;/h6-15H,22H2,1-5H3,(H2,23,24,25);1H. The van der Waals surface area contributed by atoms with Crippen molar-refractivity contribution in [2.75, 3.05) is 5.32 Å². The van der Waals surface area contributed by atoms with E-state index in [2.05, 4.69) is 10.0 Å². The summed E-state index contributed by atoms with van der Waals surface area (Å²) in [6, 6.07) is 11.0. The average Bonchev–Trinajstić information content (AvgIpc) is 2.61. The number of carbonyl (C=O) groups is 1. The van der Waals surface area contributed by atoms with Gasteiger partial charge in [0.1, 0.15) is 0 Å². The van der Waals surface area contributed by atoms with E-state index in [9.17, 15) is 13.2 Å². The summed E-state index contributed by atoms with van der Waals surface area (Å²) < 4.78 is 27.4. The normalized spacial score (nSPS) is 12.4. The van der Waals surface area contributed by atoms with Crippen LogP contribution in [0.4, 0.5) is 10.5 Å². The predicted molar refractivity (Wildman–Crippen MR) is 120 cm³/mol. The molecule has 2 amide bonds. The van der Waals surface area contributed by atoms with Crippen molar-refractivity contribution in [3.8, 4) is 0 Å². The van der Waals surface area contributed by atoms with Gasteiger partial charge in [0.15, 0.2) is 0 Å². The molecule has 1 unspecified atom stereocenters. The zero-order chi connectivity index (χ0) is 21.1. The Labute approximate surface area is 179 Å². The smallest absolute Gasteiger partial charge is 0.324 e. The summed E-state index contributed by atoms with van der Waals surface area (Å²) in [6.45, 7) is 9.87. The van der Waals surface area contributed by atoms with Gasteiger partial charge in [0.05, 0.1) is 4.90 Å². The highest BCUT2D eigenvalue weighted by atomic mass is 35.5. The second kappa shape index (κ2) is 10.1. The molecule has 0 aliphatic carbocycles. The molecule has 0 radical (unpaired) electrons. The Morgan fingerprint density at radius 2 is 1.45 bits per heavy atom. The molecule has 0 aliphatic heterocycles. The molecule has 0 saturated heterocycles. The summed E-state index contributed by atoms with van der Waals surface area (Å²) in [7, 11) is -4.02. The number of halogens is 1. The topological polar surface area (TPSA) is 101 Å². The van der Waals surface area contributed by atoms with Gasteiger partial charge in [0.25, 0.3) is 10.0 Å². The third-order valence-electron chi connectivity index (χ3n) is 4.53. The molecule has 2 rings (SSSR count). The Morgan fingerprint density at radius 3 is 1.93 bits per heavy atom. The molecule has 1 atom stereocenters. The zero-order valence-electron chi connectivity index (χ0n) is 17.4. The van der Waals surface area contributed by atoms with E-state index < -0.39 is 16.1 Å². The van der Waals surface area contributed by atoms with Crippen LogP contribution in [0.3, 0.4) is 0 Å². The number of anilines is 1. The van der Waals surface area contributed by atoms with E-state index in [4.69, 9.17) is 5.73 Å². The van der Waals surface area contributed by atoms with E-state index in [1.807, 2.05) is 45.9 Å². The number of hydrogen-bond donors (Lipinski definition) is 3. The maximum atomic E-state index is 12.6. The maximum absolute atomic E-state index is 12.6. The third-order valence-corrected chi connectivity index (χ3v) is 5.86. The van der Waals surface area contributed by atoms with Gasteiger partial charge in [0, 0.05) is 11.7 Å². The van der Waals surface area contributed by atoms with Crippen molar-refractivity contribution in [3.63, 3.8) is 0 Å². The first-order valence-electron chi connectivity index (χ1n) is 9.35. The highest BCUT2D eigenvalue weighted by Crippen LogP contribution is 2.32. The number of urea groups is 1. The van der Waals surface area contributed by atoms with Gasteiger partial charge in [-0.15, -0.1) is 12.4 Å². The molecule has 0 aliphatic rings. The number of hydrogen-bond acceptors (Lipinski definition) is 4. The fraction of sp³-hybridized carbons (Fsp3) is 0.381. The number of carbonyl (C=O) groups excluding carboxylic acids is 1. The van der Waals surface area contributed by atoms with E-state index in [-0.39, 0.29) is 35.2 Å². The number of sulfonamides is 1. The summed E-state index contributed by atoms with van der Waals surface area (Å²) in [5.74, 6) is 0.349. The molecule has 160 valence electrons. The first-order valence-corrected chi connectivity index (χ1v) is 10.8. The quantitative estimate of drug-likeness (QED) is 0.596. The number of para-hydroxylation sites is 1. The van der Waals surface area contributed by atoms with E-state index in [0.717, 1.165) is 11.1 Å². The summed E-state index contributed by atoms with van der Waals surface area (Å²) in [5.41, 5.74) is 9.07. The largest absolute Gasteiger partial charge is 0.333 e. The van der Waals surface area contributed by atoms with Gasteiger partial charge in [-0.25, -0.2) is 17.9 Å². The molecule has 2 aromatic carbocycles. The Hall–Kier alpha value is -2.09. The van der Waals surface area contributed by atoms with Gasteiger partial charge >= 0.3 is 6.03 Å². The van der Waals surface area contributed by atoms with E-state index in [1.54, 1.807) is 19.1 Å². The molecule has 0 heterocycles. The minimum absolute atomic E-state index is 0. The van der Waals surface area contributed by atoms with Gasteiger partial charge in [-0.1, -0.05) is 58.0 Å². The van der Waals surface area contributed by atoms with Crippen LogP contribution in [0, 0.1) is 0 Å². The minimum Gasteiger partial charge on any atom is -0.324 e. The molecule has 0 fully saturated rings. The third kappa shape index (κ3) is 6.19. The Kier molecular flexibility index (Phi) is 8.68. The number of nitrogens with two attached hydrogens (primary N) is 1. The van der Waals surface area contributed by atoms with Gasteiger partial charge < -0.3 is 11.1 Å². The molecule has 4 N–H and O–H groups in total. The summed E-state index contributed by atoms with van der Waals surface area (Å²) >= 11 is 0. The highest BCUT2D eigenvalue weighted by Gasteiger charge is 2.21. The summed E-state index contributed by atoms with van der Waals surface area (Å²) in [4.78, 5) is 12.5. The van der Waals surface area contributed by atoms with Crippen molar-refractivity contribution in [1.29, 1.82) is 0 Å². The molecular weight excluding hydrogens is 410 g/mol. The lowest BCUT2D eigenvalue weighted by atomic mass is 9.93. The second-order valence-corrected chi connectivity index (χ2v) is 9.22. The maximum Gasteiger partial charge on any atom is 0.333 e. The van der Waals surface area contributed by atoms with E-state index in [1.165, 1.54) is 12.1 Å². The van der Waals surface area contributed by atoms with Crippen molar-refractivity contribution < 1.29 is 13.2 Å². The zero-order valence-corrected chi connectivity index (χ0v) is 19.0. The van der Waals surface area contributed by atoms with Crippen LogP contribution < -0.4 is 15.8 Å². The lowest BCUT2D eigenvalue weighted by molar-refractivity contribution is 0.256. The van der Waals surface area contributed by atoms with Crippen molar-refractivity contribution in [2.45, 2.75) is 57.4 Å². The van der Waals surface area contributed by atoms with Gasteiger partial charge in [-0.2, -0.15) is 0 Å². The fourth-order valence-corrected chi connectivity index (χ4v) is 3.94. The molecule has 29 heavy (non-hydrogen) atoms. The molecule has 6 nitrogen and oxygen atoms in total. The monoisotopic (exact) mass is 439 g/mol. The molecular formula is C21H30ClN3O3S. The average molecular weight is 440 g/mol. The van der Waals surface area contributed by atoms with E-state index in [0.29, 0.717) is 11.3 Å². The SMILES string of the molecule is CC(C)c1cccc(C(C)C)c1NC(=O)NS(=O)(=O)c1cccc(C(C)N)c1.Cl. The Morgan fingerprint density at radius 1 is 0.931 bits per heavy atom. The minimum atomic E-state index is -4.02. The molecule has 2 aromatic rings. The number of nitrogens with one attached hydrogen (secondary N) is 2. The van der Waals surface area contributed by atoms with Crippen LogP contribution in [0.25, 0.3) is 0 Å². The van der Waals surface area contributed by atoms with Gasteiger partial charge in [-0.05, 0) is 47.6 Å². The Bertz CT molecular complexity index is 931. The molecule has 0 spiro atoms. The number of benzene rings is 2. The molecule has 8 heteroatoms. The van der Waals surface area contributed by atoms with Crippen LogP contribution in [0.15, 0.2) is 47.4 Å². The lowest BCUT2D eigenvalue weighted by Gasteiger charge is -2.20. The van der Waals surface area contributed by atoms with E-state index >= 15 is 0 Å². The molecule has 0 bridgehead atoms. The first kappa shape index (κ1) is 24.9. The van der Waals surface area contributed by atoms with Gasteiger partial charge in [-0.3, -0.25) is 0 Å². The number of amides is 2. The van der Waals surface area contributed by atoms with Crippen LogP contribution in [0.5, 0.6) is 0 Å². The van der Waals surface area contributed by atoms with Crippen LogP contribution in [0.2, 0.25) is 0 Å². The van der Waals surface area contributed by atoms with Crippen LogP contribution in [-0.4, -0.2) is 14.4 Å². The van der Waals surface area contributed by atoms with Crippen molar-refractivity contribution in [3.05, 3.63) is 59.2 Å². The van der Waals surface area contributed by atoms with Crippen LogP contribution >= 0.6 is 12.4 Å². The van der Waals surface area contributed by atoms with Crippen LogP contribution in [0.1, 0.15) is 69.2 Å². The molecule has 0 saturated carbocycles. The predicted octanol–water partition coefficient (Wildman–Crippen LogP) is 4.89. The fourth-order valence-electron chi connectivity index (χ4n) is 2.98. The lowest BCUT2D eigenvalue weighted by Crippen LogP contribution is -2.35.